The molecule has 0 fully saturated rings. The lowest BCUT2D eigenvalue weighted by atomic mass is 10.1. The zero-order valence-corrected chi connectivity index (χ0v) is 10.5. The number of aryl methyl sites for hydroxylation is 1. The Morgan fingerprint density at radius 3 is 2.94 bits per heavy atom. The molecule has 94 valence electrons. The van der Waals surface area contributed by atoms with Crippen LogP contribution in [-0.4, -0.2) is 17.6 Å². The van der Waals surface area contributed by atoms with E-state index in [1.54, 1.807) is 6.92 Å². The Labute approximate surface area is 106 Å². The minimum Gasteiger partial charge on any atom is -0.462 e. The zero-order chi connectivity index (χ0) is 13.0. The molecule has 2 rings (SSSR count). The highest BCUT2D eigenvalue weighted by molar-refractivity contribution is 5.87. The van der Waals surface area contributed by atoms with Crippen molar-refractivity contribution >= 4 is 16.9 Å². The predicted molar refractivity (Wildman–Crippen MR) is 72.4 cm³/mol. The summed E-state index contributed by atoms with van der Waals surface area (Å²) in [6.07, 6.45) is 3.74. The molecule has 0 radical (unpaired) electrons. The van der Waals surface area contributed by atoms with Gasteiger partial charge in [0.25, 0.3) is 0 Å². The molecule has 0 aliphatic carbocycles. The Morgan fingerprint density at radius 2 is 2.17 bits per heavy atom. The molecule has 1 N–H and O–H groups in total. The molecule has 0 saturated heterocycles. The van der Waals surface area contributed by atoms with Gasteiger partial charge in [-0.1, -0.05) is 24.8 Å². The van der Waals surface area contributed by atoms with Crippen molar-refractivity contribution in [3.63, 3.8) is 0 Å². The van der Waals surface area contributed by atoms with Crippen molar-refractivity contribution < 1.29 is 9.53 Å². The molecule has 3 nitrogen and oxygen atoms in total. The molecule has 0 spiro atoms. The monoisotopic (exact) mass is 243 g/mol. The van der Waals surface area contributed by atoms with Crippen molar-refractivity contribution in [2.24, 2.45) is 0 Å². The van der Waals surface area contributed by atoms with Gasteiger partial charge in [0.1, 0.15) is 0 Å². The molecule has 18 heavy (non-hydrogen) atoms. The number of H-pyrrole nitrogens is 1. The van der Waals surface area contributed by atoms with E-state index in [0.29, 0.717) is 12.2 Å². The molecule has 0 saturated carbocycles. The van der Waals surface area contributed by atoms with E-state index < -0.39 is 0 Å². The van der Waals surface area contributed by atoms with E-state index in [-0.39, 0.29) is 5.97 Å². The lowest BCUT2D eigenvalue weighted by Gasteiger charge is -2.03. The maximum atomic E-state index is 11.2. The van der Waals surface area contributed by atoms with Crippen molar-refractivity contribution in [2.75, 3.05) is 6.61 Å². The Balaban J connectivity index is 1.87. The van der Waals surface area contributed by atoms with Gasteiger partial charge in [-0.05, 0) is 31.4 Å². The Morgan fingerprint density at radius 1 is 1.39 bits per heavy atom. The number of carbonyl (C=O) groups excluding carboxylic acids is 1. The van der Waals surface area contributed by atoms with E-state index in [4.69, 9.17) is 4.74 Å². The minimum absolute atomic E-state index is 0.311. The van der Waals surface area contributed by atoms with Gasteiger partial charge in [0.15, 0.2) is 0 Å². The first-order valence-electron chi connectivity index (χ1n) is 6.06. The zero-order valence-electron chi connectivity index (χ0n) is 10.5. The summed E-state index contributed by atoms with van der Waals surface area (Å²) in [4.78, 5) is 14.4. The summed E-state index contributed by atoms with van der Waals surface area (Å²) < 4.78 is 5.07. The second-order valence-electron chi connectivity index (χ2n) is 4.38. The fourth-order valence-electron chi connectivity index (χ4n) is 1.89. The fraction of sp³-hybridized carbons (Fsp3) is 0.267. The molecule has 0 bridgehead atoms. The standard InChI is InChI=1S/C15H17NO2/c1-11(2)15(17)18-9-5-6-12-10-16-14-8-4-3-7-13(12)14/h3-4,7-8,10,16H,1,5-6,9H2,2H3. The van der Waals surface area contributed by atoms with Crippen LogP contribution in [0.15, 0.2) is 42.6 Å². The van der Waals surface area contributed by atoms with Gasteiger partial charge in [0, 0.05) is 22.7 Å². The van der Waals surface area contributed by atoms with Gasteiger partial charge in [-0.2, -0.15) is 0 Å². The second-order valence-corrected chi connectivity index (χ2v) is 4.38. The number of rotatable bonds is 5. The van der Waals surface area contributed by atoms with E-state index >= 15 is 0 Å². The number of benzene rings is 1. The molecule has 0 unspecified atom stereocenters. The number of aromatic nitrogens is 1. The SMILES string of the molecule is C=C(C)C(=O)OCCCc1c[nH]c2ccccc12. The molecule has 0 amide bonds. The minimum atomic E-state index is -0.311. The van der Waals surface area contributed by atoms with Crippen molar-refractivity contribution in [3.05, 3.63) is 48.2 Å². The number of esters is 1. The number of nitrogens with one attached hydrogen (secondary N) is 1. The lowest BCUT2D eigenvalue weighted by molar-refractivity contribution is -0.139. The fourth-order valence-corrected chi connectivity index (χ4v) is 1.89. The maximum Gasteiger partial charge on any atom is 0.333 e. The first-order chi connectivity index (χ1) is 8.68. The molecule has 3 heteroatoms. The summed E-state index contributed by atoms with van der Waals surface area (Å²) in [5, 5.41) is 1.24. The Hall–Kier alpha value is -2.03. The van der Waals surface area contributed by atoms with Crippen LogP contribution in [0.1, 0.15) is 18.9 Å². The van der Waals surface area contributed by atoms with Crippen LogP contribution >= 0.6 is 0 Å². The van der Waals surface area contributed by atoms with Crippen LogP contribution in [0.4, 0.5) is 0 Å². The summed E-state index contributed by atoms with van der Waals surface area (Å²) in [5.74, 6) is -0.311. The van der Waals surface area contributed by atoms with E-state index in [2.05, 4.69) is 23.7 Å². The third-order valence-corrected chi connectivity index (χ3v) is 2.85. The Bertz CT molecular complexity index is 569. The van der Waals surface area contributed by atoms with Crippen LogP contribution in [-0.2, 0) is 16.0 Å². The molecular formula is C15H17NO2. The van der Waals surface area contributed by atoms with Crippen molar-refractivity contribution in [1.82, 2.24) is 4.98 Å². The number of ether oxygens (including phenoxy) is 1. The molecule has 1 aromatic carbocycles. The van der Waals surface area contributed by atoms with Crippen molar-refractivity contribution in [2.45, 2.75) is 19.8 Å². The highest BCUT2D eigenvalue weighted by Crippen LogP contribution is 2.18. The second kappa shape index (κ2) is 5.54. The van der Waals surface area contributed by atoms with Crippen LogP contribution in [0, 0.1) is 0 Å². The van der Waals surface area contributed by atoms with Crippen LogP contribution in [0.5, 0.6) is 0 Å². The Kier molecular flexibility index (Phi) is 3.82. The van der Waals surface area contributed by atoms with Crippen LogP contribution < -0.4 is 0 Å². The summed E-state index contributed by atoms with van der Waals surface area (Å²) >= 11 is 0. The largest absolute Gasteiger partial charge is 0.462 e. The highest BCUT2D eigenvalue weighted by Gasteiger charge is 2.05. The average molecular weight is 243 g/mol. The number of aromatic amines is 1. The van der Waals surface area contributed by atoms with Gasteiger partial charge in [-0.3, -0.25) is 0 Å². The first-order valence-corrected chi connectivity index (χ1v) is 6.06. The van der Waals surface area contributed by atoms with Gasteiger partial charge in [0.2, 0.25) is 0 Å². The van der Waals surface area contributed by atoms with Crippen LogP contribution in [0.3, 0.4) is 0 Å². The number of hydrogen-bond acceptors (Lipinski definition) is 2. The van der Waals surface area contributed by atoms with E-state index in [0.717, 1.165) is 18.4 Å². The predicted octanol–water partition coefficient (Wildman–Crippen LogP) is 3.22. The molecular weight excluding hydrogens is 226 g/mol. The highest BCUT2D eigenvalue weighted by atomic mass is 16.5. The molecule has 1 heterocycles. The summed E-state index contributed by atoms with van der Waals surface area (Å²) in [7, 11) is 0. The van der Waals surface area contributed by atoms with Crippen LogP contribution in [0.2, 0.25) is 0 Å². The normalized spacial score (nSPS) is 10.5. The van der Waals surface area contributed by atoms with Crippen molar-refractivity contribution in [3.8, 4) is 0 Å². The number of para-hydroxylation sites is 1. The number of fused-ring (bicyclic) bond motifs is 1. The summed E-state index contributed by atoms with van der Waals surface area (Å²) in [5.41, 5.74) is 2.85. The first kappa shape index (κ1) is 12.4. The smallest absolute Gasteiger partial charge is 0.333 e. The number of hydrogen-bond donors (Lipinski definition) is 1. The summed E-state index contributed by atoms with van der Waals surface area (Å²) in [6, 6.07) is 8.19. The van der Waals surface area contributed by atoms with Gasteiger partial charge in [-0.15, -0.1) is 0 Å². The van der Waals surface area contributed by atoms with E-state index in [1.807, 2.05) is 18.3 Å². The molecule has 0 aliphatic heterocycles. The third-order valence-electron chi connectivity index (χ3n) is 2.85. The topological polar surface area (TPSA) is 42.1 Å². The molecule has 1 aromatic heterocycles. The third kappa shape index (κ3) is 2.80. The average Bonchev–Trinajstić information content (AvgIpc) is 2.77. The van der Waals surface area contributed by atoms with Gasteiger partial charge >= 0.3 is 5.97 Å². The van der Waals surface area contributed by atoms with Gasteiger partial charge in [-0.25, -0.2) is 4.79 Å². The molecule has 2 aromatic rings. The lowest BCUT2D eigenvalue weighted by Crippen LogP contribution is -2.06. The van der Waals surface area contributed by atoms with Crippen LogP contribution in [0.25, 0.3) is 10.9 Å². The number of carbonyl (C=O) groups is 1. The molecule has 0 aliphatic rings. The quantitative estimate of drug-likeness (QED) is 0.497. The maximum absolute atomic E-state index is 11.2. The molecule has 0 atom stereocenters. The van der Waals surface area contributed by atoms with Gasteiger partial charge in [0.05, 0.1) is 6.61 Å². The van der Waals surface area contributed by atoms with E-state index in [9.17, 15) is 4.79 Å². The van der Waals surface area contributed by atoms with Gasteiger partial charge < -0.3 is 9.72 Å². The van der Waals surface area contributed by atoms with E-state index in [1.165, 1.54) is 10.9 Å². The van der Waals surface area contributed by atoms with Crippen molar-refractivity contribution in [1.29, 1.82) is 0 Å². The summed E-state index contributed by atoms with van der Waals surface area (Å²) in [6.45, 7) is 5.64.